The van der Waals surface area contributed by atoms with Gasteiger partial charge in [-0.3, -0.25) is 4.79 Å². The monoisotopic (exact) mass is 240 g/mol. The number of aliphatic carboxylic acids is 1. The number of hydrogen-bond donors (Lipinski definition) is 1. The van der Waals surface area contributed by atoms with E-state index < -0.39 is 5.97 Å². The highest BCUT2D eigenvalue weighted by atomic mass is 32.1. The lowest BCUT2D eigenvalue weighted by molar-refractivity contribution is -0.136. The Kier molecular flexibility index (Phi) is 3.43. The van der Waals surface area contributed by atoms with Crippen LogP contribution in [0.2, 0.25) is 0 Å². The molecule has 2 heterocycles. The van der Waals surface area contributed by atoms with Crippen molar-refractivity contribution in [2.45, 2.75) is 38.6 Å². The summed E-state index contributed by atoms with van der Waals surface area (Å²) in [4.78, 5) is 17.3. The predicted molar refractivity (Wildman–Crippen MR) is 64.1 cm³/mol. The van der Waals surface area contributed by atoms with Gasteiger partial charge in [0.25, 0.3) is 0 Å². The largest absolute Gasteiger partial charge is 0.481 e. The molecule has 1 aliphatic heterocycles. The molecule has 1 fully saturated rings. The molecule has 2 rings (SSSR count). The van der Waals surface area contributed by atoms with E-state index in [1.165, 1.54) is 12.8 Å². The van der Waals surface area contributed by atoms with Gasteiger partial charge in [0, 0.05) is 24.4 Å². The quantitative estimate of drug-likeness (QED) is 0.876. The number of aromatic nitrogens is 1. The summed E-state index contributed by atoms with van der Waals surface area (Å²) in [5, 5.41) is 11.6. The van der Waals surface area contributed by atoms with Crippen molar-refractivity contribution in [2.24, 2.45) is 0 Å². The molecule has 0 saturated carbocycles. The minimum absolute atomic E-state index is 0.165. The van der Waals surface area contributed by atoms with Gasteiger partial charge in [-0.05, 0) is 19.8 Å². The van der Waals surface area contributed by atoms with Crippen LogP contribution in [-0.4, -0.2) is 28.6 Å². The topological polar surface area (TPSA) is 53.4 Å². The predicted octanol–water partition coefficient (Wildman–Crippen LogP) is 2.15. The molecule has 1 aromatic heterocycles. The van der Waals surface area contributed by atoms with Crippen molar-refractivity contribution in [3.05, 3.63) is 11.1 Å². The van der Waals surface area contributed by atoms with E-state index in [2.05, 4.69) is 16.8 Å². The lowest BCUT2D eigenvalue weighted by Gasteiger charge is -2.19. The number of thiazole rings is 1. The van der Waals surface area contributed by atoms with Crippen LogP contribution in [0.3, 0.4) is 0 Å². The molecule has 1 saturated heterocycles. The van der Waals surface area contributed by atoms with Crippen LogP contribution in [-0.2, 0) is 11.2 Å². The van der Waals surface area contributed by atoms with E-state index in [1.54, 1.807) is 11.3 Å². The Balaban J connectivity index is 1.99. The molecule has 0 spiro atoms. The molecule has 5 heteroatoms. The number of aryl methyl sites for hydroxylation is 1. The van der Waals surface area contributed by atoms with Gasteiger partial charge in [-0.1, -0.05) is 0 Å². The third-order valence-electron chi connectivity index (χ3n) is 2.93. The molecule has 0 aromatic carbocycles. The summed E-state index contributed by atoms with van der Waals surface area (Å²) in [6, 6.07) is 0.568. The molecule has 0 bridgehead atoms. The molecule has 4 nitrogen and oxygen atoms in total. The van der Waals surface area contributed by atoms with Crippen LogP contribution < -0.4 is 4.90 Å². The zero-order valence-electron chi connectivity index (χ0n) is 9.35. The smallest absolute Gasteiger partial charge is 0.303 e. The highest BCUT2D eigenvalue weighted by Gasteiger charge is 2.22. The Labute approximate surface area is 98.9 Å². The lowest BCUT2D eigenvalue weighted by Crippen LogP contribution is -2.25. The molecule has 1 atom stereocenters. The van der Waals surface area contributed by atoms with Crippen LogP contribution in [0.15, 0.2) is 5.38 Å². The Morgan fingerprint density at radius 3 is 3.19 bits per heavy atom. The van der Waals surface area contributed by atoms with Gasteiger partial charge in [0.2, 0.25) is 0 Å². The first-order valence-electron chi connectivity index (χ1n) is 5.59. The van der Waals surface area contributed by atoms with E-state index in [0.29, 0.717) is 12.5 Å². The standard InChI is InChI=1S/C11H16N2O2S/c1-8-3-2-6-13(8)11-12-9(7-16-11)4-5-10(14)15/h7-8H,2-6H2,1H3,(H,14,15). The molecule has 88 valence electrons. The van der Waals surface area contributed by atoms with Gasteiger partial charge in [0.1, 0.15) is 0 Å². The SMILES string of the molecule is CC1CCCN1c1nc(CCC(=O)O)cs1. The van der Waals surface area contributed by atoms with Crippen molar-refractivity contribution in [3.63, 3.8) is 0 Å². The van der Waals surface area contributed by atoms with E-state index >= 15 is 0 Å². The summed E-state index contributed by atoms with van der Waals surface area (Å²) in [6.07, 6.45) is 3.15. The van der Waals surface area contributed by atoms with Gasteiger partial charge in [0.05, 0.1) is 12.1 Å². The Morgan fingerprint density at radius 2 is 2.56 bits per heavy atom. The lowest BCUT2D eigenvalue weighted by atomic mass is 10.2. The van der Waals surface area contributed by atoms with Gasteiger partial charge in [-0.15, -0.1) is 11.3 Å². The van der Waals surface area contributed by atoms with E-state index in [4.69, 9.17) is 5.11 Å². The first-order valence-corrected chi connectivity index (χ1v) is 6.47. The number of carbonyl (C=O) groups is 1. The number of rotatable bonds is 4. The molecular weight excluding hydrogens is 224 g/mol. The molecule has 0 radical (unpaired) electrons. The normalized spacial score (nSPS) is 20.3. The maximum absolute atomic E-state index is 10.5. The zero-order valence-corrected chi connectivity index (χ0v) is 10.2. The average molecular weight is 240 g/mol. The number of hydrogen-bond acceptors (Lipinski definition) is 4. The van der Waals surface area contributed by atoms with Gasteiger partial charge >= 0.3 is 5.97 Å². The minimum Gasteiger partial charge on any atom is -0.481 e. The number of anilines is 1. The molecule has 1 aromatic rings. The van der Waals surface area contributed by atoms with Crippen LogP contribution in [0.25, 0.3) is 0 Å². The minimum atomic E-state index is -0.760. The molecule has 0 aliphatic carbocycles. The fraction of sp³-hybridized carbons (Fsp3) is 0.636. The second kappa shape index (κ2) is 4.82. The van der Waals surface area contributed by atoms with Crippen LogP contribution in [0.4, 0.5) is 5.13 Å². The van der Waals surface area contributed by atoms with Gasteiger partial charge in [-0.25, -0.2) is 4.98 Å². The van der Waals surface area contributed by atoms with Crippen molar-refractivity contribution in [3.8, 4) is 0 Å². The summed E-state index contributed by atoms with van der Waals surface area (Å²) in [5.41, 5.74) is 0.904. The van der Waals surface area contributed by atoms with E-state index in [1.807, 2.05) is 5.38 Å². The highest BCUT2D eigenvalue weighted by Crippen LogP contribution is 2.28. The molecule has 16 heavy (non-hydrogen) atoms. The van der Waals surface area contributed by atoms with Crippen LogP contribution in [0.1, 0.15) is 31.9 Å². The first-order chi connectivity index (χ1) is 7.66. The third-order valence-corrected chi connectivity index (χ3v) is 3.86. The summed E-state index contributed by atoms with van der Waals surface area (Å²) in [5.74, 6) is -0.760. The van der Waals surface area contributed by atoms with Crippen LogP contribution >= 0.6 is 11.3 Å². The first kappa shape index (κ1) is 11.4. The Bertz CT molecular complexity index is 378. The Morgan fingerprint density at radius 1 is 1.75 bits per heavy atom. The third kappa shape index (κ3) is 2.52. The maximum atomic E-state index is 10.5. The highest BCUT2D eigenvalue weighted by molar-refractivity contribution is 7.13. The van der Waals surface area contributed by atoms with Crippen LogP contribution in [0, 0.1) is 0 Å². The van der Waals surface area contributed by atoms with Gasteiger partial charge < -0.3 is 10.0 Å². The molecular formula is C11H16N2O2S. The van der Waals surface area contributed by atoms with Crippen molar-refractivity contribution in [1.29, 1.82) is 0 Å². The summed E-state index contributed by atoms with van der Waals surface area (Å²) >= 11 is 1.62. The van der Waals surface area contributed by atoms with Crippen molar-refractivity contribution in [2.75, 3.05) is 11.4 Å². The van der Waals surface area contributed by atoms with Gasteiger partial charge in [-0.2, -0.15) is 0 Å². The number of carboxylic acid groups (broad SMARTS) is 1. The second-order valence-electron chi connectivity index (χ2n) is 4.20. The molecule has 1 N–H and O–H groups in total. The second-order valence-corrected chi connectivity index (χ2v) is 5.04. The summed E-state index contributed by atoms with van der Waals surface area (Å²) in [7, 11) is 0. The summed E-state index contributed by atoms with van der Waals surface area (Å²) in [6.45, 7) is 3.29. The van der Waals surface area contributed by atoms with Crippen LogP contribution in [0.5, 0.6) is 0 Å². The Hall–Kier alpha value is -1.10. The molecule has 0 amide bonds. The van der Waals surface area contributed by atoms with Crippen molar-refractivity contribution in [1.82, 2.24) is 4.98 Å². The average Bonchev–Trinajstić information content (AvgIpc) is 2.83. The van der Waals surface area contributed by atoms with Crippen molar-refractivity contribution >= 4 is 22.4 Å². The zero-order chi connectivity index (χ0) is 11.5. The summed E-state index contributed by atoms with van der Waals surface area (Å²) < 4.78 is 0. The molecule has 1 unspecified atom stereocenters. The number of carboxylic acids is 1. The fourth-order valence-electron chi connectivity index (χ4n) is 2.00. The van der Waals surface area contributed by atoms with Crippen molar-refractivity contribution < 1.29 is 9.90 Å². The van der Waals surface area contributed by atoms with Gasteiger partial charge in [0.15, 0.2) is 5.13 Å². The maximum Gasteiger partial charge on any atom is 0.303 e. The van der Waals surface area contributed by atoms with E-state index in [0.717, 1.165) is 17.4 Å². The number of nitrogens with zero attached hydrogens (tertiary/aromatic N) is 2. The molecule has 1 aliphatic rings. The van der Waals surface area contributed by atoms with E-state index in [-0.39, 0.29) is 6.42 Å². The fourth-order valence-corrected chi connectivity index (χ4v) is 2.98. The van der Waals surface area contributed by atoms with E-state index in [9.17, 15) is 4.79 Å².